The van der Waals surface area contributed by atoms with Crippen LogP contribution >= 0.6 is 11.3 Å². The number of hydrogen-bond donors (Lipinski definition) is 2. The number of thiophene rings is 1. The summed E-state index contributed by atoms with van der Waals surface area (Å²) in [7, 11) is 1.75. The van der Waals surface area contributed by atoms with Gasteiger partial charge < -0.3 is 15.5 Å². The fourth-order valence-electron chi connectivity index (χ4n) is 3.24. The molecule has 0 spiro atoms. The largest absolute Gasteiger partial charge is 0.348 e. The molecule has 6 heteroatoms. The van der Waals surface area contributed by atoms with Gasteiger partial charge in [0.25, 0.3) is 0 Å². The smallest absolute Gasteiger partial charge is 0.317 e. The van der Waals surface area contributed by atoms with Crippen molar-refractivity contribution < 1.29 is 9.59 Å². The zero-order valence-corrected chi connectivity index (χ0v) is 17.8. The highest BCUT2D eigenvalue weighted by Gasteiger charge is 2.23. The fourth-order valence-corrected chi connectivity index (χ4v) is 4.11. The molecular formula is C22H31N3O2S. The van der Waals surface area contributed by atoms with Crippen molar-refractivity contribution in [2.75, 3.05) is 13.6 Å². The molecule has 2 N–H and O–H groups in total. The van der Waals surface area contributed by atoms with Crippen LogP contribution in [0.25, 0.3) is 0 Å². The first kappa shape index (κ1) is 22.0. The highest BCUT2D eigenvalue weighted by atomic mass is 32.1. The Balaban J connectivity index is 1.79. The van der Waals surface area contributed by atoms with E-state index in [1.54, 1.807) is 23.3 Å². The fraction of sp³-hybridized carbons (Fsp3) is 0.455. The van der Waals surface area contributed by atoms with Crippen molar-refractivity contribution in [2.45, 2.75) is 45.7 Å². The maximum absolute atomic E-state index is 12.5. The minimum atomic E-state index is -0.175. The van der Waals surface area contributed by atoms with Gasteiger partial charge in [-0.25, -0.2) is 4.79 Å². The van der Waals surface area contributed by atoms with Crippen molar-refractivity contribution in [3.05, 3.63) is 58.3 Å². The van der Waals surface area contributed by atoms with Gasteiger partial charge in [0.05, 0.1) is 6.04 Å². The Morgan fingerprint density at radius 3 is 2.39 bits per heavy atom. The third-order valence-corrected chi connectivity index (χ3v) is 5.88. The van der Waals surface area contributed by atoms with E-state index < -0.39 is 0 Å². The SMILES string of the molecule is CCC(CC)C(NC(=O)CCNC(=O)N(C)Cc1ccccc1)c1cccs1. The van der Waals surface area contributed by atoms with Crippen LogP contribution in [0.3, 0.4) is 0 Å². The Kier molecular flexibility index (Phi) is 9.01. The molecule has 0 aliphatic carbocycles. The first-order valence-corrected chi connectivity index (χ1v) is 10.8. The number of carbonyl (C=O) groups is 2. The van der Waals surface area contributed by atoms with Crippen molar-refractivity contribution in [3.8, 4) is 0 Å². The molecule has 2 aromatic rings. The van der Waals surface area contributed by atoms with Gasteiger partial charge in [-0.3, -0.25) is 4.79 Å². The summed E-state index contributed by atoms with van der Waals surface area (Å²) in [6, 6.07) is 13.8. The van der Waals surface area contributed by atoms with E-state index in [1.165, 1.54) is 4.88 Å². The minimum absolute atomic E-state index is 0.0312. The molecular weight excluding hydrogens is 370 g/mol. The number of urea groups is 1. The van der Waals surface area contributed by atoms with Crippen LogP contribution in [0.15, 0.2) is 47.8 Å². The van der Waals surface area contributed by atoms with Crippen molar-refractivity contribution >= 4 is 23.3 Å². The van der Waals surface area contributed by atoms with Crippen LogP contribution in [0, 0.1) is 5.92 Å². The molecule has 0 saturated heterocycles. The predicted octanol–water partition coefficient (Wildman–Crippen LogP) is 4.57. The lowest BCUT2D eigenvalue weighted by molar-refractivity contribution is -0.122. The zero-order valence-electron chi connectivity index (χ0n) is 17.0. The van der Waals surface area contributed by atoms with Gasteiger partial charge in [-0.2, -0.15) is 0 Å². The second-order valence-electron chi connectivity index (χ2n) is 6.96. The van der Waals surface area contributed by atoms with Gasteiger partial charge in [0.1, 0.15) is 0 Å². The Labute approximate surface area is 172 Å². The number of rotatable bonds is 10. The van der Waals surface area contributed by atoms with Crippen molar-refractivity contribution in [3.63, 3.8) is 0 Å². The summed E-state index contributed by atoms with van der Waals surface area (Å²) in [6.07, 6.45) is 2.30. The lowest BCUT2D eigenvalue weighted by atomic mass is 9.93. The highest BCUT2D eigenvalue weighted by molar-refractivity contribution is 7.10. The third-order valence-electron chi connectivity index (χ3n) is 4.92. The molecule has 28 heavy (non-hydrogen) atoms. The van der Waals surface area contributed by atoms with Gasteiger partial charge in [0, 0.05) is 31.4 Å². The predicted molar refractivity (Wildman–Crippen MR) is 115 cm³/mol. The van der Waals surface area contributed by atoms with E-state index in [1.807, 2.05) is 41.8 Å². The van der Waals surface area contributed by atoms with E-state index in [0.29, 0.717) is 19.0 Å². The second-order valence-corrected chi connectivity index (χ2v) is 7.94. The van der Waals surface area contributed by atoms with Gasteiger partial charge in [-0.15, -0.1) is 11.3 Å². The standard InChI is InChI=1S/C22H31N3O2S/c1-4-18(5-2)21(19-12-9-15-28-19)24-20(26)13-14-23-22(27)25(3)16-17-10-7-6-8-11-17/h6-12,15,18,21H,4-5,13-14,16H2,1-3H3,(H,23,27)(H,24,26). The average molecular weight is 402 g/mol. The van der Waals surface area contributed by atoms with Gasteiger partial charge >= 0.3 is 6.03 Å². The molecule has 0 aliphatic heterocycles. The Bertz CT molecular complexity index is 715. The van der Waals surface area contributed by atoms with Crippen LogP contribution in [0.5, 0.6) is 0 Å². The van der Waals surface area contributed by atoms with E-state index in [0.717, 1.165) is 18.4 Å². The minimum Gasteiger partial charge on any atom is -0.348 e. The van der Waals surface area contributed by atoms with Crippen LogP contribution in [0.4, 0.5) is 4.79 Å². The summed E-state index contributed by atoms with van der Waals surface area (Å²) in [5.74, 6) is 0.380. The van der Waals surface area contributed by atoms with E-state index in [2.05, 4.69) is 30.5 Å². The van der Waals surface area contributed by atoms with Crippen molar-refractivity contribution in [1.82, 2.24) is 15.5 Å². The molecule has 1 aromatic heterocycles. The first-order chi connectivity index (χ1) is 13.5. The van der Waals surface area contributed by atoms with Gasteiger partial charge in [0.2, 0.25) is 5.91 Å². The topological polar surface area (TPSA) is 61.4 Å². The molecule has 2 rings (SSSR count). The lowest BCUT2D eigenvalue weighted by Gasteiger charge is -2.25. The molecule has 0 bridgehead atoms. The van der Waals surface area contributed by atoms with Crippen LogP contribution < -0.4 is 10.6 Å². The molecule has 3 amide bonds. The third kappa shape index (κ3) is 6.68. The quantitative estimate of drug-likeness (QED) is 0.612. The Morgan fingerprint density at radius 1 is 1.07 bits per heavy atom. The zero-order chi connectivity index (χ0) is 20.4. The Morgan fingerprint density at radius 2 is 1.79 bits per heavy atom. The van der Waals surface area contributed by atoms with Crippen LogP contribution in [-0.4, -0.2) is 30.4 Å². The molecule has 152 valence electrons. The normalized spacial score (nSPS) is 11.9. The summed E-state index contributed by atoms with van der Waals surface area (Å²) in [5, 5.41) is 8.04. The lowest BCUT2D eigenvalue weighted by Crippen LogP contribution is -2.39. The van der Waals surface area contributed by atoms with E-state index in [9.17, 15) is 9.59 Å². The Hall–Kier alpha value is -2.34. The van der Waals surface area contributed by atoms with Crippen LogP contribution in [0.2, 0.25) is 0 Å². The molecule has 0 saturated carbocycles. The van der Waals surface area contributed by atoms with Crippen LogP contribution in [0.1, 0.15) is 49.6 Å². The maximum atomic E-state index is 12.5. The van der Waals surface area contributed by atoms with Crippen LogP contribution in [-0.2, 0) is 11.3 Å². The van der Waals surface area contributed by atoms with E-state index in [-0.39, 0.29) is 24.4 Å². The number of nitrogens with one attached hydrogen (secondary N) is 2. The summed E-state index contributed by atoms with van der Waals surface area (Å²) in [6.45, 7) is 5.17. The maximum Gasteiger partial charge on any atom is 0.317 e. The molecule has 1 heterocycles. The molecule has 5 nitrogen and oxygen atoms in total. The highest BCUT2D eigenvalue weighted by Crippen LogP contribution is 2.30. The molecule has 0 fully saturated rings. The molecule has 1 unspecified atom stereocenters. The average Bonchev–Trinajstić information content (AvgIpc) is 3.23. The van der Waals surface area contributed by atoms with E-state index in [4.69, 9.17) is 0 Å². The monoisotopic (exact) mass is 401 g/mol. The number of hydrogen-bond acceptors (Lipinski definition) is 3. The molecule has 0 radical (unpaired) electrons. The molecule has 1 atom stereocenters. The summed E-state index contributed by atoms with van der Waals surface area (Å²) < 4.78 is 0. The van der Waals surface area contributed by atoms with Gasteiger partial charge in [0.15, 0.2) is 0 Å². The second kappa shape index (κ2) is 11.5. The molecule has 0 aliphatic rings. The van der Waals surface area contributed by atoms with Crippen molar-refractivity contribution in [2.24, 2.45) is 5.92 Å². The summed E-state index contributed by atoms with van der Waals surface area (Å²) >= 11 is 1.67. The summed E-state index contributed by atoms with van der Waals surface area (Å²) in [5.41, 5.74) is 1.07. The van der Waals surface area contributed by atoms with Gasteiger partial charge in [-0.1, -0.05) is 63.1 Å². The van der Waals surface area contributed by atoms with Crippen molar-refractivity contribution in [1.29, 1.82) is 0 Å². The van der Waals surface area contributed by atoms with Gasteiger partial charge in [-0.05, 0) is 22.9 Å². The number of amides is 3. The van der Waals surface area contributed by atoms with E-state index >= 15 is 0 Å². The number of nitrogens with zero attached hydrogens (tertiary/aromatic N) is 1. The molecule has 1 aromatic carbocycles. The number of benzene rings is 1. The summed E-state index contributed by atoms with van der Waals surface area (Å²) in [4.78, 5) is 27.5. The first-order valence-electron chi connectivity index (χ1n) is 9.90. The number of carbonyl (C=O) groups excluding carboxylic acids is 2.